The van der Waals surface area contributed by atoms with Gasteiger partial charge >= 0.3 is 0 Å². The molecule has 0 bridgehead atoms. The standard InChI is InChI=1S/C24H27N3O2/c1-28-23-12-6-9-20(24(23)29-2)17-25-27-15-13-26(14-16-27)18-21-10-5-8-19-7-3-4-11-22(19)21/h3-12,17H,13-16,18H2,1-2H3/p+1. The van der Waals surface area contributed by atoms with Gasteiger partial charge in [-0.2, -0.15) is 5.10 Å². The Bertz CT molecular complexity index is 989. The van der Waals surface area contributed by atoms with Gasteiger partial charge in [0.15, 0.2) is 11.5 Å². The lowest BCUT2D eigenvalue weighted by Crippen LogP contribution is -3.13. The Hall–Kier alpha value is -3.05. The van der Waals surface area contributed by atoms with Gasteiger partial charge in [0, 0.05) is 11.1 Å². The Morgan fingerprint density at radius 3 is 2.48 bits per heavy atom. The molecular formula is C24H28N3O2+. The Labute approximate surface area is 172 Å². The first-order valence-electron chi connectivity index (χ1n) is 10.1. The van der Waals surface area contributed by atoms with Crippen molar-refractivity contribution in [3.05, 3.63) is 71.8 Å². The average Bonchev–Trinajstić information content (AvgIpc) is 2.78. The third-order valence-corrected chi connectivity index (χ3v) is 5.56. The van der Waals surface area contributed by atoms with Crippen molar-refractivity contribution < 1.29 is 14.4 Å². The van der Waals surface area contributed by atoms with Gasteiger partial charge in [0.05, 0.1) is 46.6 Å². The quantitative estimate of drug-likeness (QED) is 0.658. The largest absolute Gasteiger partial charge is 0.493 e. The minimum absolute atomic E-state index is 0.721. The second-order valence-electron chi connectivity index (χ2n) is 7.35. The van der Waals surface area contributed by atoms with E-state index in [1.165, 1.54) is 16.3 Å². The Morgan fingerprint density at radius 1 is 0.931 bits per heavy atom. The van der Waals surface area contributed by atoms with Crippen LogP contribution in [0.5, 0.6) is 11.5 Å². The number of piperazine rings is 1. The highest BCUT2D eigenvalue weighted by molar-refractivity contribution is 5.85. The second-order valence-corrected chi connectivity index (χ2v) is 7.35. The minimum atomic E-state index is 0.721. The molecule has 150 valence electrons. The lowest BCUT2D eigenvalue weighted by atomic mass is 10.0. The smallest absolute Gasteiger partial charge is 0.169 e. The highest BCUT2D eigenvalue weighted by atomic mass is 16.5. The summed E-state index contributed by atoms with van der Waals surface area (Å²) in [6.07, 6.45) is 1.87. The van der Waals surface area contributed by atoms with Crippen LogP contribution in [0.15, 0.2) is 65.8 Å². The van der Waals surface area contributed by atoms with Crippen LogP contribution in [0.1, 0.15) is 11.1 Å². The van der Waals surface area contributed by atoms with Crippen molar-refractivity contribution in [3.8, 4) is 11.5 Å². The molecule has 3 aromatic carbocycles. The van der Waals surface area contributed by atoms with E-state index in [4.69, 9.17) is 9.47 Å². The highest BCUT2D eigenvalue weighted by Gasteiger charge is 2.19. The van der Waals surface area contributed by atoms with Crippen LogP contribution in [0.4, 0.5) is 0 Å². The molecule has 0 amide bonds. The summed E-state index contributed by atoms with van der Waals surface area (Å²) in [6, 6.07) is 21.1. The van der Waals surface area contributed by atoms with Crippen LogP contribution in [0.2, 0.25) is 0 Å². The molecule has 29 heavy (non-hydrogen) atoms. The van der Waals surface area contributed by atoms with E-state index < -0.39 is 0 Å². The SMILES string of the molecule is COc1cccc(C=NN2CC[NH+](Cc3cccc4ccccc34)CC2)c1OC. The molecule has 5 heteroatoms. The van der Waals surface area contributed by atoms with E-state index in [0.29, 0.717) is 0 Å². The van der Waals surface area contributed by atoms with Crippen molar-refractivity contribution in [2.45, 2.75) is 6.54 Å². The third kappa shape index (κ3) is 4.35. The number of methoxy groups -OCH3 is 2. The number of ether oxygens (including phenoxy) is 2. The first-order valence-corrected chi connectivity index (χ1v) is 10.1. The number of fused-ring (bicyclic) bond motifs is 1. The number of benzene rings is 3. The van der Waals surface area contributed by atoms with Crippen molar-refractivity contribution >= 4 is 17.0 Å². The van der Waals surface area contributed by atoms with Crippen molar-refractivity contribution in [1.82, 2.24) is 5.01 Å². The summed E-state index contributed by atoms with van der Waals surface area (Å²) < 4.78 is 10.9. The summed E-state index contributed by atoms with van der Waals surface area (Å²) in [4.78, 5) is 1.60. The van der Waals surface area contributed by atoms with Crippen LogP contribution in [-0.2, 0) is 6.54 Å². The fourth-order valence-electron chi connectivity index (χ4n) is 3.98. The normalized spacial score (nSPS) is 15.2. The Morgan fingerprint density at radius 2 is 1.69 bits per heavy atom. The maximum atomic E-state index is 5.49. The first-order chi connectivity index (χ1) is 14.3. The molecule has 0 unspecified atom stereocenters. The fourth-order valence-corrected chi connectivity index (χ4v) is 3.98. The maximum Gasteiger partial charge on any atom is 0.169 e. The maximum absolute atomic E-state index is 5.49. The van der Waals surface area contributed by atoms with E-state index in [1.54, 1.807) is 19.1 Å². The first kappa shape index (κ1) is 19.3. The van der Waals surface area contributed by atoms with Gasteiger partial charge in [-0.15, -0.1) is 0 Å². The zero-order valence-electron chi connectivity index (χ0n) is 17.1. The van der Waals surface area contributed by atoms with Crippen molar-refractivity contribution in [2.75, 3.05) is 40.4 Å². The highest BCUT2D eigenvalue weighted by Crippen LogP contribution is 2.29. The van der Waals surface area contributed by atoms with Crippen LogP contribution in [-0.4, -0.2) is 51.6 Å². The van der Waals surface area contributed by atoms with Gasteiger partial charge in [0.1, 0.15) is 6.54 Å². The number of hydrogen-bond acceptors (Lipinski definition) is 4. The van der Waals surface area contributed by atoms with Crippen LogP contribution in [0, 0.1) is 0 Å². The van der Waals surface area contributed by atoms with Crippen molar-refractivity contribution in [1.29, 1.82) is 0 Å². The van der Waals surface area contributed by atoms with E-state index in [-0.39, 0.29) is 0 Å². The summed E-state index contributed by atoms with van der Waals surface area (Å²) >= 11 is 0. The van der Waals surface area contributed by atoms with Gasteiger partial charge in [0.2, 0.25) is 0 Å². The molecular weight excluding hydrogens is 362 g/mol. The minimum Gasteiger partial charge on any atom is -0.493 e. The predicted octanol–water partition coefficient (Wildman–Crippen LogP) is 2.59. The Kier molecular flexibility index (Phi) is 5.96. The lowest BCUT2D eigenvalue weighted by Gasteiger charge is -2.30. The molecule has 0 saturated carbocycles. The monoisotopic (exact) mass is 390 g/mol. The van der Waals surface area contributed by atoms with E-state index in [9.17, 15) is 0 Å². The molecule has 1 saturated heterocycles. The summed E-state index contributed by atoms with van der Waals surface area (Å²) in [5, 5.41) is 9.52. The number of nitrogens with zero attached hydrogens (tertiary/aromatic N) is 2. The molecule has 1 aliphatic rings. The van der Waals surface area contributed by atoms with Gasteiger partial charge in [-0.3, -0.25) is 5.01 Å². The molecule has 3 aromatic rings. The number of hydrogen-bond donors (Lipinski definition) is 1. The molecule has 4 rings (SSSR count). The van der Waals surface area contributed by atoms with E-state index in [2.05, 4.69) is 52.6 Å². The molecule has 0 aliphatic carbocycles. The summed E-state index contributed by atoms with van der Waals surface area (Å²) in [6.45, 7) is 5.11. The Balaban J connectivity index is 1.38. The molecule has 0 atom stereocenters. The van der Waals surface area contributed by atoms with Gasteiger partial charge < -0.3 is 14.4 Å². The van der Waals surface area contributed by atoms with Crippen LogP contribution in [0.3, 0.4) is 0 Å². The summed E-state index contributed by atoms with van der Waals surface area (Å²) in [5.41, 5.74) is 2.36. The van der Waals surface area contributed by atoms with E-state index in [0.717, 1.165) is 49.8 Å². The van der Waals surface area contributed by atoms with Gasteiger partial charge in [-0.25, -0.2) is 0 Å². The average molecular weight is 391 g/mol. The molecule has 1 fully saturated rings. The van der Waals surface area contributed by atoms with Crippen molar-refractivity contribution in [2.24, 2.45) is 5.10 Å². The number of para-hydroxylation sites is 1. The van der Waals surface area contributed by atoms with Crippen molar-refractivity contribution in [3.63, 3.8) is 0 Å². The molecule has 0 spiro atoms. The molecule has 0 aromatic heterocycles. The summed E-state index contributed by atoms with van der Waals surface area (Å²) in [7, 11) is 3.31. The lowest BCUT2D eigenvalue weighted by molar-refractivity contribution is -0.918. The number of nitrogens with one attached hydrogen (secondary N) is 1. The number of hydrazone groups is 1. The molecule has 1 N–H and O–H groups in total. The summed E-state index contributed by atoms with van der Waals surface area (Å²) in [5.74, 6) is 1.44. The molecule has 5 nitrogen and oxygen atoms in total. The number of quaternary nitrogens is 1. The van der Waals surface area contributed by atoms with Crippen LogP contribution < -0.4 is 14.4 Å². The van der Waals surface area contributed by atoms with E-state index >= 15 is 0 Å². The zero-order valence-corrected chi connectivity index (χ0v) is 17.1. The molecule has 0 radical (unpaired) electrons. The fraction of sp³-hybridized carbons (Fsp3) is 0.292. The number of rotatable bonds is 6. The molecule has 1 heterocycles. The van der Waals surface area contributed by atoms with Gasteiger partial charge in [-0.05, 0) is 22.9 Å². The van der Waals surface area contributed by atoms with Crippen LogP contribution >= 0.6 is 0 Å². The molecule has 1 aliphatic heterocycles. The zero-order chi connectivity index (χ0) is 20.1. The van der Waals surface area contributed by atoms with E-state index in [1.807, 2.05) is 24.4 Å². The predicted molar refractivity (Wildman–Crippen MR) is 117 cm³/mol. The van der Waals surface area contributed by atoms with Gasteiger partial charge in [-0.1, -0.05) is 48.5 Å². The topological polar surface area (TPSA) is 38.5 Å². The second kappa shape index (κ2) is 8.97. The van der Waals surface area contributed by atoms with Crippen LogP contribution in [0.25, 0.3) is 10.8 Å². The third-order valence-electron chi connectivity index (χ3n) is 5.56. The van der Waals surface area contributed by atoms with Gasteiger partial charge in [0.25, 0.3) is 0 Å².